The number of esters is 1. The maximum absolute atomic E-state index is 13.7. The summed E-state index contributed by atoms with van der Waals surface area (Å²) in [6.45, 7) is 1.58. The van der Waals surface area contributed by atoms with Crippen LogP contribution in [0.5, 0.6) is 0 Å². The van der Waals surface area contributed by atoms with Gasteiger partial charge in [-0.25, -0.2) is 0 Å². The van der Waals surface area contributed by atoms with Gasteiger partial charge in [-0.05, 0) is 0 Å². The molecule has 0 saturated carbocycles. The van der Waals surface area contributed by atoms with Crippen LogP contribution < -0.4 is 13.2 Å². The van der Waals surface area contributed by atoms with E-state index in [0.717, 1.165) is 13.2 Å². The van der Waals surface area contributed by atoms with Crippen LogP contribution in [0.2, 0.25) is 0 Å². The SMILES string of the molecule is CCOC(=O)/[C](=C\C(F)(F)F)[Ge]([c]1ccccc1)([c]1ccccc1)[c]1ccccc1. The Morgan fingerprint density at radius 2 is 1.17 bits per heavy atom. The van der Waals surface area contributed by atoms with Gasteiger partial charge in [0.2, 0.25) is 0 Å². The Bertz CT molecular complexity index is 904. The van der Waals surface area contributed by atoms with E-state index in [-0.39, 0.29) is 17.1 Å². The van der Waals surface area contributed by atoms with Gasteiger partial charge in [0.05, 0.1) is 0 Å². The van der Waals surface area contributed by atoms with Gasteiger partial charge < -0.3 is 0 Å². The summed E-state index contributed by atoms with van der Waals surface area (Å²) in [4.78, 5) is 13.0. The summed E-state index contributed by atoms with van der Waals surface area (Å²) in [6.07, 6.45) is -4.52. The minimum absolute atomic E-state index is 0.00921. The minimum atomic E-state index is -4.67. The van der Waals surface area contributed by atoms with E-state index in [2.05, 4.69) is 0 Å². The van der Waals surface area contributed by atoms with E-state index >= 15 is 0 Å². The topological polar surface area (TPSA) is 26.3 Å². The first kappa shape index (κ1) is 21.9. The molecular formula is C24H21F3GeO2. The summed E-state index contributed by atoms with van der Waals surface area (Å²) in [7, 11) is 0. The quantitative estimate of drug-likeness (QED) is 0.311. The van der Waals surface area contributed by atoms with Crippen molar-refractivity contribution < 1.29 is 22.7 Å². The number of rotatable bonds is 6. The molecule has 6 heteroatoms. The Kier molecular flexibility index (Phi) is 6.82. The average molecular weight is 471 g/mol. The third-order valence-electron chi connectivity index (χ3n) is 4.83. The Hall–Kier alpha value is -2.80. The van der Waals surface area contributed by atoms with Gasteiger partial charge in [0, 0.05) is 0 Å². The van der Waals surface area contributed by atoms with E-state index in [1.54, 1.807) is 43.3 Å². The number of hydrogen-bond donors (Lipinski definition) is 0. The number of allylic oxidation sites excluding steroid dienone is 1. The van der Waals surface area contributed by atoms with Gasteiger partial charge in [-0.1, -0.05) is 0 Å². The van der Waals surface area contributed by atoms with Crippen LogP contribution in [-0.2, 0) is 9.53 Å². The number of benzene rings is 3. The van der Waals surface area contributed by atoms with E-state index in [4.69, 9.17) is 4.74 Å². The van der Waals surface area contributed by atoms with Gasteiger partial charge in [-0.2, -0.15) is 0 Å². The van der Waals surface area contributed by atoms with Gasteiger partial charge in [-0.3, -0.25) is 0 Å². The summed E-state index contributed by atoms with van der Waals surface area (Å²) in [5.41, 5.74) is 0. The van der Waals surface area contributed by atoms with Crippen LogP contribution in [0.25, 0.3) is 0 Å². The van der Waals surface area contributed by atoms with Gasteiger partial charge in [-0.15, -0.1) is 0 Å². The number of hydrogen-bond acceptors (Lipinski definition) is 2. The average Bonchev–Trinajstić information content (AvgIpc) is 2.75. The molecule has 0 saturated heterocycles. The summed E-state index contributed by atoms with van der Waals surface area (Å²) >= 11 is -4.33. The van der Waals surface area contributed by atoms with Crippen molar-refractivity contribution in [3.8, 4) is 0 Å². The molecule has 0 amide bonds. The van der Waals surface area contributed by atoms with Crippen LogP contribution in [0.3, 0.4) is 0 Å². The molecule has 0 unspecified atom stereocenters. The van der Waals surface area contributed by atoms with Crippen LogP contribution in [0, 0.1) is 0 Å². The van der Waals surface area contributed by atoms with Crippen molar-refractivity contribution in [1.29, 1.82) is 0 Å². The van der Waals surface area contributed by atoms with Gasteiger partial charge in [0.25, 0.3) is 0 Å². The van der Waals surface area contributed by atoms with Crippen LogP contribution >= 0.6 is 0 Å². The first-order valence-corrected chi connectivity index (χ1v) is 13.7. The number of ether oxygens (including phenoxy) is 1. The normalized spacial score (nSPS) is 12.5. The molecule has 0 bridgehead atoms. The molecule has 0 aliphatic carbocycles. The number of alkyl halides is 3. The van der Waals surface area contributed by atoms with Gasteiger partial charge in [0.1, 0.15) is 0 Å². The van der Waals surface area contributed by atoms with Crippen LogP contribution in [-0.4, -0.2) is 32.0 Å². The zero-order valence-electron chi connectivity index (χ0n) is 16.4. The molecule has 0 aromatic heterocycles. The molecule has 0 spiro atoms. The standard InChI is InChI=1S/C24H21F3GeO2/c1-2-30-23(29)22(18-24(25,26)27)28(19-12-6-3-7-13-19,20-14-8-4-9-15-20)21-16-10-5-11-17-21/h3-18H,2H2,1H3/b22-18+. The second kappa shape index (κ2) is 9.34. The molecule has 0 atom stereocenters. The van der Waals surface area contributed by atoms with E-state index in [1.807, 2.05) is 54.6 Å². The Labute approximate surface area is 176 Å². The molecule has 0 aliphatic heterocycles. The fourth-order valence-electron chi connectivity index (χ4n) is 3.72. The summed E-state index contributed by atoms with van der Waals surface area (Å²) in [5, 5.41) is 0. The first-order chi connectivity index (χ1) is 14.4. The molecule has 3 aromatic carbocycles. The summed E-state index contributed by atoms with van der Waals surface area (Å²) < 4.78 is 48.2. The molecule has 0 fully saturated rings. The predicted octanol–water partition coefficient (Wildman–Crippen LogP) is 3.75. The fraction of sp³-hybridized carbons (Fsp3) is 0.125. The van der Waals surface area contributed by atoms with Crippen molar-refractivity contribution in [1.82, 2.24) is 0 Å². The van der Waals surface area contributed by atoms with Crippen molar-refractivity contribution in [2.24, 2.45) is 0 Å². The maximum atomic E-state index is 13.7. The number of halogens is 3. The van der Waals surface area contributed by atoms with E-state index in [9.17, 15) is 18.0 Å². The number of carbonyl (C=O) groups is 1. The monoisotopic (exact) mass is 472 g/mol. The summed E-state index contributed by atoms with van der Waals surface area (Å²) in [6, 6.07) is 27.0. The fourth-order valence-corrected chi connectivity index (χ4v) is 13.7. The Morgan fingerprint density at radius 3 is 1.47 bits per heavy atom. The van der Waals surface area contributed by atoms with Crippen molar-refractivity contribution >= 4 is 32.4 Å². The Balaban J connectivity index is 2.49. The van der Waals surface area contributed by atoms with E-state index < -0.39 is 25.4 Å². The van der Waals surface area contributed by atoms with Crippen molar-refractivity contribution in [3.63, 3.8) is 0 Å². The third kappa shape index (κ3) is 4.51. The molecule has 0 N–H and O–H groups in total. The van der Waals surface area contributed by atoms with Crippen LogP contribution in [0.15, 0.2) is 101 Å². The predicted molar refractivity (Wildman–Crippen MR) is 115 cm³/mol. The van der Waals surface area contributed by atoms with E-state index in [1.165, 1.54) is 0 Å². The number of carbonyl (C=O) groups excluding carboxylic acids is 1. The molecule has 0 heterocycles. The van der Waals surface area contributed by atoms with Crippen molar-refractivity contribution in [2.45, 2.75) is 13.1 Å². The molecular weight excluding hydrogens is 450 g/mol. The van der Waals surface area contributed by atoms with Gasteiger partial charge in [0.15, 0.2) is 0 Å². The summed E-state index contributed by atoms with van der Waals surface area (Å²) in [5.74, 6) is -0.925. The van der Waals surface area contributed by atoms with Crippen molar-refractivity contribution in [3.05, 3.63) is 101 Å². The van der Waals surface area contributed by atoms with Crippen LogP contribution in [0.4, 0.5) is 13.2 Å². The molecule has 30 heavy (non-hydrogen) atoms. The molecule has 3 rings (SSSR count). The second-order valence-corrected chi connectivity index (χ2v) is 14.6. The second-order valence-electron chi connectivity index (χ2n) is 6.67. The van der Waals surface area contributed by atoms with Crippen molar-refractivity contribution in [2.75, 3.05) is 6.61 Å². The third-order valence-corrected chi connectivity index (χ3v) is 14.8. The van der Waals surface area contributed by atoms with Gasteiger partial charge >= 0.3 is 176 Å². The molecule has 154 valence electrons. The zero-order valence-corrected chi connectivity index (χ0v) is 18.5. The Morgan fingerprint density at radius 1 is 0.800 bits per heavy atom. The first-order valence-electron chi connectivity index (χ1n) is 9.53. The molecule has 3 aromatic rings. The molecule has 2 nitrogen and oxygen atoms in total. The molecule has 0 radical (unpaired) electrons. The zero-order chi connectivity index (χ0) is 21.6. The van der Waals surface area contributed by atoms with Crippen LogP contribution in [0.1, 0.15) is 6.92 Å². The molecule has 0 aliphatic rings. The van der Waals surface area contributed by atoms with E-state index in [0.29, 0.717) is 0 Å².